The van der Waals surface area contributed by atoms with Gasteiger partial charge in [0.1, 0.15) is 5.75 Å². The normalized spacial score (nSPS) is 20.9. The fourth-order valence-electron chi connectivity index (χ4n) is 4.13. The molecule has 0 bridgehead atoms. The number of hydrogen-bond acceptors (Lipinski definition) is 5. The highest BCUT2D eigenvalue weighted by Gasteiger charge is 2.45. The number of methoxy groups -OCH3 is 1. The van der Waals surface area contributed by atoms with Gasteiger partial charge in [0.15, 0.2) is 0 Å². The first-order chi connectivity index (χ1) is 16.7. The second-order valence-electron chi connectivity index (χ2n) is 8.11. The van der Waals surface area contributed by atoms with Crippen molar-refractivity contribution in [3.63, 3.8) is 0 Å². The molecule has 1 aliphatic heterocycles. The van der Waals surface area contributed by atoms with E-state index in [9.17, 15) is 18.3 Å². The molecule has 0 radical (unpaired) electrons. The van der Waals surface area contributed by atoms with Crippen LogP contribution in [0.1, 0.15) is 18.0 Å². The smallest absolute Gasteiger partial charge is 0.308 e. The van der Waals surface area contributed by atoms with Gasteiger partial charge in [-0.25, -0.2) is 8.42 Å². The Morgan fingerprint density at radius 1 is 0.971 bits per heavy atom. The number of thioether (sulfide) groups is 1. The second-order valence-corrected chi connectivity index (χ2v) is 12.2. The summed E-state index contributed by atoms with van der Waals surface area (Å²) in [6.45, 7) is -0.164. The van der Waals surface area contributed by atoms with E-state index in [4.69, 9.17) is 27.9 Å². The number of carbonyl (C=O) groups is 1. The van der Waals surface area contributed by atoms with E-state index in [0.29, 0.717) is 22.2 Å². The summed E-state index contributed by atoms with van der Waals surface area (Å²) in [7, 11) is -2.45. The standard InChI is InChI=1S/C25H23Cl2NO5S2/c1-33-19-8-2-16(3-9-19)23-14-24(34-20-10-4-17(26)5-11-20)22(25(29)30)15-28(23)35(31,32)21-12-6-18(27)7-13-21/h2-13,22-24H,14-15H2,1H3,(H,29,30)/t22-,23+,24-/m1/s1. The summed E-state index contributed by atoms with van der Waals surface area (Å²) < 4.78 is 34.0. The molecule has 1 fully saturated rings. The summed E-state index contributed by atoms with van der Waals surface area (Å²) in [6.07, 6.45) is 0.309. The molecule has 0 amide bonds. The Hall–Kier alpha value is -2.23. The molecule has 3 atom stereocenters. The molecule has 3 aromatic rings. The van der Waals surface area contributed by atoms with Crippen molar-refractivity contribution in [1.82, 2.24) is 4.31 Å². The van der Waals surface area contributed by atoms with Crippen LogP contribution in [0, 0.1) is 5.92 Å². The van der Waals surface area contributed by atoms with Crippen LogP contribution in [0.4, 0.5) is 0 Å². The summed E-state index contributed by atoms with van der Waals surface area (Å²) in [6, 6.07) is 19.7. The van der Waals surface area contributed by atoms with Crippen molar-refractivity contribution in [1.29, 1.82) is 0 Å². The molecule has 3 aromatic carbocycles. The molecule has 10 heteroatoms. The number of hydrogen-bond donors (Lipinski definition) is 1. The maximum atomic E-state index is 13.7. The molecular weight excluding hydrogens is 529 g/mol. The van der Waals surface area contributed by atoms with Crippen LogP contribution in [-0.4, -0.2) is 42.7 Å². The van der Waals surface area contributed by atoms with Crippen LogP contribution in [0.5, 0.6) is 5.75 Å². The monoisotopic (exact) mass is 551 g/mol. The number of rotatable bonds is 7. The Bertz CT molecular complexity index is 1280. The highest BCUT2D eigenvalue weighted by atomic mass is 35.5. The molecule has 0 aromatic heterocycles. The summed E-state index contributed by atoms with van der Waals surface area (Å²) in [4.78, 5) is 13.2. The Morgan fingerprint density at radius 2 is 1.54 bits per heavy atom. The molecule has 35 heavy (non-hydrogen) atoms. The van der Waals surface area contributed by atoms with Gasteiger partial charge in [-0.2, -0.15) is 4.31 Å². The molecule has 1 saturated heterocycles. The molecule has 1 heterocycles. The SMILES string of the molecule is COc1ccc([C@@H]2C[C@@H](Sc3ccc(Cl)cc3)[C@H](C(=O)O)CN2S(=O)(=O)c2ccc(Cl)cc2)cc1. The van der Waals surface area contributed by atoms with E-state index in [-0.39, 0.29) is 16.7 Å². The van der Waals surface area contributed by atoms with Crippen molar-refractivity contribution in [3.8, 4) is 5.75 Å². The third kappa shape index (κ3) is 5.78. The predicted molar refractivity (Wildman–Crippen MR) is 138 cm³/mol. The van der Waals surface area contributed by atoms with Crippen LogP contribution in [0.25, 0.3) is 0 Å². The first-order valence-electron chi connectivity index (χ1n) is 10.8. The van der Waals surface area contributed by atoms with Gasteiger partial charge in [0.25, 0.3) is 0 Å². The molecule has 0 aliphatic carbocycles. The molecule has 1 N–H and O–H groups in total. The Balaban J connectivity index is 1.75. The molecule has 4 rings (SSSR count). The predicted octanol–water partition coefficient (Wildman–Crippen LogP) is 6.00. The van der Waals surface area contributed by atoms with E-state index >= 15 is 0 Å². The van der Waals surface area contributed by atoms with Gasteiger partial charge < -0.3 is 9.84 Å². The van der Waals surface area contributed by atoms with E-state index in [1.807, 2.05) is 24.3 Å². The largest absolute Gasteiger partial charge is 0.497 e. The van der Waals surface area contributed by atoms with E-state index in [2.05, 4.69) is 0 Å². The number of benzene rings is 3. The average Bonchev–Trinajstić information content (AvgIpc) is 2.85. The topological polar surface area (TPSA) is 83.9 Å². The van der Waals surface area contributed by atoms with Crippen molar-refractivity contribution < 1.29 is 23.1 Å². The first kappa shape index (κ1) is 25.9. The number of sulfonamides is 1. The van der Waals surface area contributed by atoms with E-state index < -0.39 is 28.0 Å². The van der Waals surface area contributed by atoms with Gasteiger partial charge in [0.05, 0.1) is 24.0 Å². The maximum absolute atomic E-state index is 13.7. The maximum Gasteiger partial charge on any atom is 0.308 e. The molecule has 0 unspecified atom stereocenters. The summed E-state index contributed by atoms with van der Waals surface area (Å²) in [5.74, 6) is -1.31. The number of aliphatic carboxylic acids is 1. The van der Waals surface area contributed by atoms with Gasteiger partial charge >= 0.3 is 5.97 Å². The quantitative estimate of drug-likeness (QED) is 0.387. The van der Waals surface area contributed by atoms with Gasteiger partial charge in [0, 0.05) is 26.7 Å². The molecule has 1 aliphatic rings. The highest BCUT2D eigenvalue weighted by Crippen LogP contribution is 2.44. The molecular formula is C25H23Cl2NO5S2. The number of nitrogens with zero attached hydrogens (tertiary/aromatic N) is 1. The van der Waals surface area contributed by atoms with Crippen molar-refractivity contribution >= 4 is 51.0 Å². The summed E-state index contributed by atoms with van der Waals surface area (Å²) in [5, 5.41) is 10.7. The zero-order chi connectivity index (χ0) is 25.2. The Morgan fingerprint density at radius 3 is 2.09 bits per heavy atom. The van der Waals surface area contributed by atoms with Crippen LogP contribution in [0.2, 0.25) is 10.0 Å². The molecule has 6 nitrogen and oxygen atoms in total. The second kappa shape index (κ2) is 10.8. The van der Waals surface area contributed by atoms with Gasteiger partial charge in [-0.3, -0.25) is 4.79 Å². The van der Waals surface area contributed by atoms with E-state index in [1.54, 1.807) is 31.4 Å². The van der Waals surface area contributed by atoms with Crippen molar-refractivity contribution in [3.05, 3.63) is 88.4 Å². The first-order valence-corrected chi connectivity index (χ1v) is 13.8. The summed E-state index contributed by atoms with van der Waals surface area (Å²) >= 11 is 13.4. The number of carboxylic acids is 1. The van der Waals surface area contributed by atoms with Crippen LogP contribution in [0.3, 0.4) is 0 Å². The number of ether oxygens (including phenoxy) is 1. The van der Waals surface area contributed by atoms with Crippen LogP contribution >= 0.6 is 35.0 Å². The fourth-order valence-corrected chi connectivity index (χ4v) is 7.32. The van der Waals surface area contributed by atoms with Crippen molar-refractivity contribution in [2.75, 3.05) is 13.7 Å². The van der Waals surface area contributed by atoms with Gasteiger partial charge in [0.2, 0.25) is 10.0 Å². The van der Waals surface area contributed by atoms with E-state index in [0.717, 1.165) is 10.5 Å². The lowest BCUT2D eigenvalue weighted by Crippen LogP contribution is -2.49. The zero-order valence-corrected chi connectivity index (χ0v) is 21.8. The Labute approximate surface area is 218 Å². The van der Waals surface area contributed by atoms with Gasteiger partial charge in [-0.05, 0) is 72.6 Å². The fraction of sp³-hybridized carbons (Fsp3) is 0.240. The van der Waals surface area contributed by atoms with Crippen LogP contribution in [-0.2, 0) is 14.8 Å². The molecule has 184 valence electrons. The lowest BCUT2D eigenvalue weighted by molar-refractivity contribution is -0.143. The Kier molecular flexibility index (Phi) is 7.98. The van der Waals surface area contributed by atoms with Gasteiger partial charge in [-0.15, -0.1) is 11.8 Å². The lowest BCUT2D eigenvalue weighted by Gasteiger charge is -2.41. The van der Waals surface area contributed by atoms with Crippen LogP contribution < -0.4 is 4.74 Å². The minimum absolute atomic E-state index is 0.0633. The molecule has 0 saturated carbocycles. The number of halogens is 2. The van der Waals surface area contributed by atoms with Gasteiger partial charge in [-0.1, -0.05) is 35.3 Å². The third-order valence-electron chi connectivity index (χ3n) is 5.97. The minimum Gasteiger partial charge on any atom is -0.497 e. The van der Waals surface area contributed by atoms with Crippen molar-refractivity contribution in [2.24, 2.45) is 5.92 Å². The third-order valence-corrected chi connectivity index (χ3v) is 9.73. The molecule has 0 spiro atoms. The number of carboxylic acid groups (broad SMARTS) is 1. The highest BCUT2D eigenvalue weighted by molar-refractivity contribution is 8.00. The lowest BCUT2D eigenvalue weighted by atomic mass is 9.90. The van der Waals surface area contributed by atoms with Crippen LogP contribution in [0.15, 0.2) is 82.6 Å². The zero-order valence-electron chi connectivity index (χ0n) is 18.7. The minimum atomic E-state index is -4.01. The summed E-state index contributed by atoms with van der Waals surface area (Å²) in [5.41, 5.74) is 0.758. The van der Waals surface area contributed by atoms with Crippen molar-refractivity contribution in [2.45, 2.75) is 27.5 Å². The average molecular weight is 553 g/mol. The number of piperidine rings is 1. The van der Waals surface area contributed by atoms with E-state index in [1.165, 1.54) is 40.3 Å².